The molecule has 0 aliphatic heterocycles. The minimum Gasteiger partial charge on any atom is -0.873 e. The van der Waals surface area contributed by atoms with Crippen LogP contribution >= 0.6 is 0 Å². The monoisotopic (exact) mass is 508 g/mol. The van der Waals surface area contributed by atoms with E-state index in [0.29, 0.717) is 0 Å². The second kappa shape index (κ2) is 26.1. The average Bonchev–Trinajstić information content (AvgIpc) is 2.40. The molecule has 0 saturated heterocycles. The van der Waals surface area contributed by atoms with Gasteiger partial charge in [-0.1, -0.05) is 0 Å². The van der Waals surface area contributed by atoms with Gasteiger partial charge < -0.3 is 84.7 Å². The van der Waals surface area contributed by atoms with Gasteiger partial charge in [0.05, 0.1) is 47.8 Å². The van der Waals surface area contributed by atoms with Gasteiger partial charge in [-0.2, -0.15) is 0 Å². The van der Waals surface area contributed by atoms with Crippen LogP contribution < -0.4 is 40.9 Å². The van der Waals surface area contributed by atoms with Gasteiger partial charge in [0.15, 0.2) is 0 Å². The van der Waals surface area contributed by atoms with Gasteiger partial charge in [0.1, 0.15) is 0 Å². The van der Waals surface area contributed by atoms with E-state index in [9.17, 15) is 0 Å². The maximum Gasteiger partial charge on any atom is 4.00 e. The topological polar surface area (TPSA) is 356 Å². The Labute approximate surface area is 198 Å². The summed E-state index contributed by atoms with van der Waals surface area (Å²) in [5.74, 6) is -17.5. The predicted octanol–water partition coefficient (Wildman–Crippen LogP) is -15.6. The third-order valence-electron chi connectivity index (χ3n) is 0.667. The average molecular weight is 508 g/mol. The molecule has 0 atom stereocenters. The van der Waals surface area contributed by atoms with Crippen LogP contribution in [0.4, 0.5) is 0 Å². The smallest absolute Gasteiger partial charge is 0.873 e. The molecule has 0 aliphatic rings. The SMILES string of the molecule is O=C([O-])C(=O)[O-].O=C([O-])C(=O)[O-].O=C([O-])C(=O)[O-].O=C([O-])C(=O)[O-].[OH4+2].[Sr+2].[Ti+4]. The number of aliphatic carboxylic acids is 8. The first-order chi connectivity index (χ1) is 10.6. The van der Waals surface area contributed by atoms with Crippen LogP contribution in [0, 0.1) is 0 Å². The summed E-state index contributed by atoms with van der Waals surface area (Å²) in [4.78, 5) is 71.4. The number of carbonyl (C=O) groups is 8. The molecular formula is C8H4O17SrTi. The van der Waals surface area contributed by atoms with Crippen LogP contribution in [0.2, 0.25) is 0 Å². The second-order valence-corrected chi connectivity index (χ2v) is 2.30. The third kappa shape index (κ3) is 59.3. The summed E-state index contributed by atoms with van der Waals surface area (Å²) in [6.45, 7) is 0. The van der Waals surface area contributed by atoms with Crippen LogP contribution in [0.5, 0.6) is 0 Å². The van der Waals surface area contributed by atoms with E-state index in [2.05, 4.69) is 0 Å². The molecule has 0 spiro atoms. The third-order valence-corrected chi connectivity index (χ3v) is 0.667. The molecule has 27 heavy (non-hydrogen) atoms. The van der Waals surface area contributed by atoms with Crippen LogP contribution in [0.1, 0.15) is 0 Å². The van der Waals surface area contributed by atoms with Crippen LogP contribution in [0.25, 0.3) is 0 Å². The Morgan fingerprint density at radius 2 is 0.370 bits per heavy atom. The Morgan fingerprint density at radius 1 is 0.333 bits per heavy atom. The van der Waals surface area contributed by atoms with Gasteiger partial charge >= 0.3 is 67.2 Å². The molecule has 0 aromatic heterocycles. The fraction of sp³-hybridized carbons (Fsp3) is 0. The van der Waals surface area contributed by atoms with Crippen LogP contribution in [0.15, 0.2) is 0 Å². The molecule has 0 fully saturated rings. The van der Waals surface area contributed by atoms with Gasteiger partial charge in [0.2, 0.25) is 0 Å². The number of carboxylic acid groups (broad SMARTS) is 8. The Morgan fingerprint density at radius 3 is 0.370 bits per heavy atom. The maximum atomic E-state index is 8.93. The molecule has 0 aromatic carbocycles. The maximum absolute atomic E-state index is 8.93. The molecule has 0 amide bonds. The molecule has 0 saturated carbocycles. The number of rotatable bonds is 0. The summed E-state index contributed by atoms with van der Waals surface area (Å²) in [7, 11) is 0. The van der Waals surface area contributed by atoms with Crippen molar-refractivity contribution in [2.75, 3.05) is 0 Å². The molecule has 17 nitrogen and oxygen atoms in total. The molecule has 144 valence electrons. The normalized spacial score (nSPS) is 6.52. The van der Waals surface area contributed by atoms with Gasteiger partial charge in [-0.15, -0.1) is 0 Å². The van der Waals surface area contributed by atoms with Crippen molar-refractivity contribution in [1.29, 1.82) is 0 Å². The number of carbonyl (C=O) groups excluding carboxylic acids is 8. The zero-order chi connectivity index (χ0) is 20.6. The number of hydrogen-bond donors (Lipinski definition) is 0. The first kappa shape index (κ1) is 44.4. The second-order valence-electron chi connectivity index (χ2n) is 2.30. The zero-order valence-corrected chi connectivity index (χ0v) is 17.5. The Kier molecular flexibility index (Phi) is 43.0. The molecule has 0 aromatic rings. The summed E-state index contributed by atoms with van der Waals surface area (Å²) < 4.78 is 0. The molecule has 0 heterocycles. The van der Waals surface area contributed by atoms with E-state index in [1.165, 1.54) is 0 Å². The van der Waals surface area contributed by atoms with E-state index in [1.54, 1.807) is 0 Å². The van der Waals surface area contributed by atoms with E-state index in [0.717, 1.165) is 0 Å². The summed E-state index contributed by atoms with van der Waals surface area (Å²) >= 11 is 0. The van der Waals surface area contributed by atoms with Crippen LogP contribution in [-0.4, -0.2) is 93.2 Å². The summed E-state index contributed by atoms with van der Waals surface area (Å²) in [6, 6.07) is 0. The van der Waals surface area contributed by atoms with E-state index in [4.69, 9.17) is 79.2 Å². The predicted molar refractivity (Wildman–Crippen MR) is 52.1 cm³/mol. The van der Waals surface area contributed by atoms with Gasteiger partial charge in [-0.25, -0.2) is 0 Å². The minimum absolute atomic E-state index is 0. The molecule has 0 unspecified atom stereocenters. The summed E-state index contributed by atoms with van der Waals surface area (Å²) in [5.41, 5.74) is 0. The van der Waals surface area contributed by atoms with Crippen molar-refractivity contribution in [2.24, 2.45) is 0 Å². The van der Waals surface area contributed by atoms with Crippen LogP contribution in [0.3, 0.4) is 0 Å². The molecule has 0 bridgehead atoms. The Balaban J connectivity index is -0.0000000381. The van der Waals surface area contributed by atoms with E-state index in [-0.39, 0.29) is 72.7 Å². The van der Waals surface area contributed by atoms with Crippen molar-refractivity contribution in [3.63, 3.8) is 0 Å². The largest absolute Gasteiger partial charge is 4.00 e. The minimum atomic E-state index is -2.19. The molecule has 4 N–H and O–H groups in total. The van der Waals surface area contributed by atoms with Crippen molar-refractivity contribution in [1.82, 2.24) is 0 Å². The Hall–Kier alpha value is -2.09. The standard InChI is InChI=1S/4C2H2O4.H4O.Sr.Ti/c4*3-1(4)2(5)6;;;/h4*(H,3,4)(H,5,6);1H4;;/q;;;;2*+2;+4/p-8. The number of hydrogen-bond acceptors (Lipinski definition) is 16. The molecular weight excluding hydrogens is 504 g/mol. The van der Waals surface area contributed by atoms with Gasteiger partial charge in [0.25, 0.3) is 0 Å². The van der Waals surface area contributed by atoms with Gasteiger partial charge in [0, 0.05) is 0 Å². The number of carboxylic acids is 8. The van der Waals surface area contributed by atoms with Crippen molar-refractivity contribution in [2.45, 2.75) is 0 Å². The first-order valence-electron chi connectivity index (χ1n) is 4.27. The molecule has 0 rings (SSSR count). The van der Waals surface area contributed by atoms with E-state index < -0.39 is 47.8 Å². The van der Waals surface area contributed by atoms with Crippen LogP contribution in [-0.2, 0) is 65.6 Å². The first-order valence-corrected chi connectivity index (χ1v) is 4.27. The fourth-order valence-electron chi connectivity index (χ4n) is 0. The van der Waals surface area contributed by atoms with Crippen molar-refractivity contribution >= 4 is 93.2 Å². The van der Waals surface area contributed by atoms with Crippen molar-refractivity contribution in [3.8, 4) is 0 Å². The zero-order valence-electron chi connectivity index (χ0n) is 12.4. The summed E-state index contributed by atoms with van der Waals surface area (Å²) in [5, 5.41) is 71.4. The van der Waals surface area contributed by atoms with E-state index >= 15 is 0 Å². The quantitative estimate of drug-likeness (QED) is 0.217. The van der Waals surface area contributed by atoms with Gasteiger partial charge in [-0.05, 0) is 0 Å². The molecule has 0 aliphatic carbocycles. The van der Waals surface area contributed by atoms with Gasteiger partial charge in [-0.3, -0.25) is 0 Å². The van der Waals surface area contributed by atoms with Crippen molar-refractivity contribution in [3.05, 3.63) is 0 Å². The Bertz CT molecular complexity index is 395. The molecule has 0 radical (unpaired) electrons. The van der Waals surface area contributed by atoms with Crippen molar-refractivity contribution < 1.29 is 106 Å². The van der Waals surface area contributed by atoms with E-state index in [1.807, 2.05) is 0 Å². The summed E-state index contributed by atoms with van der Waals surface area (Å²) in [6.07, 6.45) is 0. The fourth-order valence-corrected chi connectivity index (χ4v) is 0. The molecule has 19 heteroatoms.